The van der Waals surface area contributed by atoms with E-state index in [0.717, 1.165) is 12.8 Å². The fourth-order valence-corrected chi connectivity index (χ4v) is 2.05. The minimum atomic E-state index is -0.552. The number of carbonyl (C=O) groups is 2. The van der Waals surface area contributed by atoms with Crippen LogP contribution in [0.15, 0.2) is 0 Å². The monoisotopic (exact) mass is 257 g/mol. The van der Waals surface area contributed by atoms with Gasteiger partial charge in [-0.25, -0.2) is 0 Å². The highest BCUT2D eigenvalue weighted by Crippen LogP contribution is 2.27. The standard InChI is InChI=1S/C13H27N3O2/c1-4-7-8-16(9-11(15)17)12(18)13(5-2,6-3)10-14/h4-10,14H2,1-3H3,(H2,15,17). The molecular weight excluding hydrogens is 230 g/mol. The molecule has 0 fully saturated rings. The molecule has 0 saturated carbocycles. The lowest BCUT2D eigenvalue weighted by Gasteiger charge is -2.34. The van der Waals surface area contributed by atoms with Gasteiger partial charge in [-0.15, -0.1) is 0 Å². The molecule has 0 aliphatic carbocycles. The first-order valence-electron chi connectivity index (χ1n) is 6.75. The second-order valence-electron chi connectivity index (χ2n) is 4.74. The first-order chi connectivity index (χ1) is 8.47. The van der Waals surface area contributed by atoms with Gasteiger partial charge in [-0.2, -0.15) is 0 Å². The zero-order chi connectivity index (χ0) is 14.2. The highest BCUT2D eigenvalue weighted by molar-refractivity contribution is 5.87. The van der Waals surface area contributed by atoms with Crippen LogP contribution in [0.4, 0.5) is 0 Å². The Bertz CT molecular complexity index is 267. The lowest BCUT2D eigenvalue weighted by Crippen LogP contribution is -2.50. The van der Waals surface area contributed by atoms with Gasteiger partial charge in [-0.05, 0) is 19.3 Å². The van der Waals surface area contributed by atoms with Gasteiger partial charge in [0.25, 0.3) is 0 Å². The number of unbranched alkanes of at least 4 members (excludes halogenated alkanes) is 1. The molecule has 0 aliphatic rings. The van der Waals surface area contributed by atoms with Crippen LogP contribution in [0.3, 0.4) is 0 Å². The molecule has 106 valence electrons. The predicted octanol–water partition coefficient (Wildman–Crippen LogP) is 0.866. The summed E-state index contributed by atoms with van der Waals surface area (Å²) in [6.45, 7) is 6.82. The summed E-state index contributed by atoms with van der Waals surface area (Å²) < 4.78 is 0. The maximum Gasteiger partial charge on any atom is 0.237 e. The van der Waals surface area contributed by atoms with E-state index in [0.29, 0.717) is 25.9 Å². The number of carbonyl (C=O) groups excluding carboxylic acids is 2. The molecule has 0 aromatic rings. The number of primary amides is 1. The highest BCUT2D eigenvalue weighted by atomic mass is 16.2. The Balaban J connectivity index is 4.95. The number of hydrogen-bond acceptors (Lipinski definition) is 3. The lowest BCUT2D eigenvalue weighted by molar-refractivity contribution is -0.144. The van der Waals surface area contributed by atoms with Crippen LogP contribution in [0.5, 0.6) is 0 Å². The van der Waals surface area contributed by atoms with Crippen molar-refractivity contribution in [2.24, 2.45) is 16.9 Å². The summed E-state index contributed by atoms with van der Waals surface area (Å²) in [7, 11) is 0. The fraction of sp³-hybridized carbons (Fsp3) is 0.846. The minimum absolute atomic E-state index is 0.0133. The fourth-order valence-electron chi connectivity index (χ4n) is 2.05. The van der Waals surface area contributed by atoms with Crippen LogP contribution in [0.2, 0.25) is 0 Å². The van der Waals surface area contributed by atoms with E-state index in [4.69, 9.17) is 11.5 Å². The summed E-state index contributed by atoms with van der Waals surface area (Å²) >= 11 is 0. The molecule has 4 N–H and O–H groups in total. The third-order valence-electron chi connectivity index (χ3n) is 3.61. The summed E-state index contributed by atoms with van der Waals surface area (Å²) in [5, 5.41) is 0. The van der Waals surface area contributed by atoms with Gasteiger partial charge < -0.3 is 16.4 Å². The Hall–Kier alpha value is -1.10. The summed E-state index contributed by atoms with van der Waals surface area (Å²) in [6.07, 6.45) is 3.20. The van der Waals surface area contributed by atoms with Crippen molar-refractivity contribution in [3.63, 3.8) is 0 Å². The summed E-state index contributed by atoms with van der Waals surface area (Å²) in [5.74, 6) is -0.514. The second kappa shape index (κ2) is 8.08. The Morgan fingerprint density at radius 3 is 2.06 bits per heavy atom. The van der Waals surface area contributed by atoms with Gasteiger partial charge in [0, 0.05) is 13.1 Å². The molecule has 0 bridgehead atoms. The van der Waals surface area contributed by atoms with E-state index in [1.165, 1.54) is 0 Å². The van der Waals surface area contributed by atoms with Crippen molar-refractivity contribution in [1.29, 1.82) is 0 Å². The van der Waals surface area contributed by atoms with Crippen LogP contribution in [0.25, 0.3) is 0 Å². The molecule has 0 aromatic carbocycles. The first-order valence-corrected chi connectivity index (χ1v) is 6.75. The topological polar surface area (TPSA) is 89.4 Å². The Morgan fingerprint density at radius 1 is 1.17 bits per heavy atom. The number of rotatable bonds is 9. The largest absolute Gasteiger partial charge is 0.368 e. The van der Waals surface area contributed by atoms with E-state index < -0.39 is 11.3 Å². The van der Waals surface area contributed by atoms with Crippen LogP contribution < -0.4 is 11.5 Å². The van der Waals surface area contributed by atoms with E-state index in [1.807, 2.05) is 20.8 Å². The number of nitrogens with zero attached hydrogens (tertiary/aromatic N) is 1. The van der Waals surface area contributed by atoms with Gasteiger partial charge in [-0.3, -0.25) is 9.59 Å². The van der Waals surface area contributed by atoms with Crippen LogP contribution >= 0.6 is 0 Å². The molecule has 0 unspecified atom stereocenters. The zero-order valence-electron chi connectivity index (χ0n) is 11.9. The highest BCUT2D eigenvalue weighted by Gasteiger charge is 2.36. The molecule has 0 spiro atoms. The van der Waals surface area contributed by atoms with Crippen molar-refractivity contribution in [2.45, 2.75) is 46.5 Å². The molecule has 0 saturated heterocycles. The molecule has 0 aliphatic heterocycles. The summed E-state index contributed by atoms with van der Waals surface area (Å²) in [5.41, 5.74) is 10.4. The molecule has 0 radical (unpaired) electrons. The van der Waals surface area contributed by atoms with Gasteiger partial charge >= 0.3 is 0 Å². The van der Waals surface area contributed by atoms with E-state index in [1.54, 1.807) is 4.90 Å². The van der Waals surface area contributed by atoms with Crippen molar-refractivity contribution in [3.05, 3.63) is 0 Å². The van der Waals surface area contributed by atoms with E-state index in [-0.39, 0.29) is 12.5 Å². The normalized spacial score (nSPS) is 11.3. The summed E-state index contributed by atoms with van der Waals surface area (Å²) in [6, 6.07) is 0. The van der Waals surface area contributed by atoms with Gasteiger partial charge in [-0.1, -0.05) is 27.2 Å². The van der Waals surface area contributed by atoms with Gasteiger partial charge in [0.1, 0.15) is 0 Å². The molecule has 5 heteroatoms. The van der Waals surface area contributed by atoms with Crippen LogP contribution in [0, 0.1) is 5.41 Å². The Labute approximate surface area is 110 Å². The number of amides is 2. The van der Waals surface area contributed by atoms with E-state index in [2.05, 4.69) is 0 Å². The predicted molar refractivity (Wildman–Crippen MR) is 72.8 cm³/mol. The van der Waals surface area contributed by atoms with Gasteiger partial charge in [0.2, 0.25) is 11.8 Å². The number of hydrogen-bond donors (Lipinski definition) is 2. The first kappa shape index (κ1) is 16.9. The molecule has 0 rings (SSSR count). The molecule has 2 amide bonds. The molecule has 0 atom stereocenters. The van der Waals surface area contributed by atoms with Crippen molar-refractivity contribution < 1.29 is 9.59 Å². The van der Waals surface area contributed by atoms with Crippen molar-refractivity contribution >= 4 is 11.8 Å². The molecular formula is C13H27N3O2. The quantitative estimate of drug-likeness (QED) is 0.642. The van der Waals surface area contributed by atoms with Gasteiger partial charge in [0.15, 0.2) is 0 Å². The van der Waals surface area contributed by atoms with Crippen LogP contribution in [0.1, 0.15) is 46.5 Å². The van der Waals surface area contributed by atoms with Crippen LogP contribution in [-0.2, 0) is 9.59 Å². The van der Waals surface area contributed by atoms with Gasteiger partial charge in [0.05, 0.1) is 12.0 Å². The lowest BCUT2D eigenvalue weighted by atomic mass is 9.81. The van der Waals surface area contributed by atoms with Crippen molar-refractivity contribution in [2.75, 3.05) is 19.6 Å². The van der Waals surface area contributed by atoms with Crippen molar-refractivity contribution in [3.8, 4) is 0 Å². The minimum Gasteiger partial charge on any atom is -0.368 e. The third kappa shape index (κ3) is 4.29. The van der Waals surface area contributed by atoms with Crippen molar-refractivity contribution in [1.82, 2.24) is 4.90 Å². The maximum atomic E-state index is 12.5. The summed E-state index contributed by atoms with van der Waals surface area (Å²) in [4.78, 5) is 25.2. The average Bonchev–Trinajstić information content (AvgIpc) is 2.36. The molecule has 5 nitrogen and oxygen atoms in total. The average molecular weight is 257 g/mol. The smallest absolute Gasteiger partial charge is 0.237 e. The van der Waals surface area contributed by atoms with E-state index >= 15 is 0 Å². The molecule has 0 aromatic heterocycles. The molecule has 18 heavy (non-hydrogen) atoms. The Morgan fingerprint density at radius 2 is 1.72 bits per heavy atom. The van der Waals surface area contributed by atoms with E-state index in [9.17, 15) is 9.59 Å². The van der Waals surface area contributed by atoms with Crippen LogP contribution in [-0.4, -0.2) is 36.3 Å². The second-order valence-corrected chi connectivity index (χ2v) is 4.74. The Kier molecular flexibility index (Phi) is 7.59. The maximum absolute atomic E-state index is 12.5. The zero-order valence-corrected chi connectivity index (χ0v) is 11.9. The molecule has 0 heterocycles. The SMILES string of the molecule is CCCCN(CC(N)=O)C(=O)C(CC)(CC)CN. The number of nitrogens with two attached hydrogens (primary N) is 2. The third-order valence-corrected chi connectivity index (χ3v) is 3.61.